The van der Waals surface area contributed by atoms with Gasteiger partial charge in [-0.05, 0) is 54.0 Å². The van der Waals surface area contributed by atoms with E-state index >= 15 is 0 Å². The lowest BCUT2D eigenvalue weighted by Gasteiger charge is -2.35. The van der Waals surface area contributed by atoms with Crippen LogP contribution in [0.1, 0.15) is 18.9 Å². The number of nitrogens with zero attached hydrogens (tertiary/aromatic N) is 1. The summed E-state index contributed by atoms with van der Waals surface area (Å²) in [6.45, 7) is 2.37. The summed E-state index contributed by atoms with van der Waals surface area (Å²) >= 11 is 2.15. The van der Waals surface area contributed by atoms with Crippen LogP contribution < -0.4 is 4.31 Å². The van der Waals surface area contributed by atoms with Gasteiger partial charge in [0.2, 0.25) is 10.0 Å². The minimum Gasteiger partial charge on any atom is -0.269 e. The maximum absolute atomic E-state index is 13.1. The summed E-state index contributed by atoms with van der Waals surface area (Å²) in [5, 5.41) is 0. The molecule has 0 aromatic heterocycles. The molecular formula is C15H16INO2S. The summed E-state index contributed by atoms with van der Waals surface area (Å²) in [5.74, 6) is 0. The monoisotopic (exact) mass is 401 g/mol. The quantitative estimate of drug-likeness (QED) is 0.713. The Labute approximate surface area is 133 Å². The molecule has 0 spiro atoms. The molecule has 1 unspecified atom stereocenters. The summed E-state index contributed by atoms with van der Waals surface area (Å²) < 4.78 is 27.9. The van der Waals surface area contributed by atoms with Crippen molar-refractivity contribution in [2.75, 3.05) is 10.8 Å². The number of sulfonamides is 1. The Balaban J connectivity index is 2.07. The number of para-hydroxylation sites is 1. The summed E-state index contributed by atoms with van der Waals surface area (Å²) in [7, 11) is -3.42. The van der Waals surface area contributed by atoms with Crippen molar-refractivity contribution in [3.63, 3.8) is 0 Å². The number of hydrogen-bond donors (Lipinski definition) is 0. The molecule has 1 aromatic carbocycles. The van der Waals surface area contributed by atoms with E-state index < -0.39 is 14.8 Å². The van der Waals surface area contributed by atoms with Gasteiger partial charge < -0.3 is 0 Å². The maximum atomic E-state index is 13.1. The summed E-state index contributed by atoms with van der Waals surface area (Å²) in [5.41, 5.74) is 1.96. The molecule has 1 atom stereocenters. The van der Waals surface area contributed by atoms with Crippen molar-refractivity contribution in [1.82, 2.24) is 0 Å². The second kappa shape index (κ2) is 4.87. The average Bonchev–Trinajstić information content (AvgIpc) is 2.86. The lowest BCUT2D eigenvalue weighted by molar-refractivity contribution is 0.558. The largest absolute Gasteiger partial charge is 0.269 e. The van der Waals surface area contributed by atoms with Crippen molar-refractivity contribution in [1.29, 1.82) is 0 Å². The lowest BCUT2D eigenvalue weighted by atomic mass is 10.0. The van der Waals surface area contributed by atoms with Gasteiger partial charge in [-0.3, -0.25) is 4.31 Å². The Bertz CT molecular complexity index is 708. The van der Waals surface area contributed by atoms with Gasteiger partial charge in [0.15, 0.2) is 0 Å². The summed E-state index contributed by atoms with van der Waals surface area (Å²) in [6, 6.07) is 7.77. The van der Waals surface area contributed by atoms with Crippen molar-refractivity contribution < 1.29 is 8.42 Å². The lowest BCUT2D eigenvalue weighted by Crippen LogP contribution is -2.46. The highest BCUT2D eigenvalue weighted by molar-refractivity contribution is 14.1. The minimum absolute atomic E-state index is 0.531. The number of rotatable bonds is 2. The first-order valence-electron chi connectivity index (χ1n) is 6.60. The molecule has 1 heterocycles. The van der Waals surface area contributed by atoms with Gasteiger partial charge in [0.05, 0.1) is 5.69 Å². The van der Waals surface area contributed by atoms with Gasteiger partial charge in [-0.1, -0.05) is 36.4 Å². The van der Waals surface area contributed by atoms with E-state index in [0.29, 0.717) is 13.0 Å². The molecular weight excluding hydrogens is 385 g/mol. The molecule has 1 aromatic rings. The zero-order chi connectivity index (χ0) is 14.4. The average molecular weight is 401 g/mol. The second-order valence-corrected chi connectivity index (χ2v) is 8.79. The first-order chi connectivity index (χ1) is 9.47. The third-order valence-electron chi connectivity index (χ3n) is 4.10. The molecule has 0 amide bonds. The van der Waals surface area contributed by atoms with Crippen LogP contribution in [-0.4, -0.2) is 19.7 Å². The molecule has 0 fully saturated rings. The van der Waals surface area contributed by atoms with Crippen molar-refractivity contribution in [3.8, 4) is 0 Å². The van der Waals surface area contributed by atoms with Gasteiger partial charge in [0.25, 0.3) is 0 Å². The third kappa shape index (κ3) is 1.94. The van der Waals surface area contributed by atoms with Crippen molar-refractivity contribution in [3.05, 3.63) is 51.6 Å². The maximum Gasteiger partial charge on any atom is 0.245 e. The molecule has 20 heavy (non-hydrogen) atoms. The van der Waals surface area contributed by atoms with Gasteiger partial charge in [-0.25, -0.2) is 8.42 Å². The standard InChI is InChI=1S/C15H16INO2S/c1-15(10-5-4-8-14(15)16)20(18,19)17-11-9-12-6-2-3-7-13(12)17/h2-8H,9-11H2,1H3. The van der Waals surface area contributed by atoms with Crippen molar-refractivity contribution in [2.24, 2.45) is 0 Å². The van der Waals surface area contributed by atoms with E-state index in [1.54, 1.807) is 4.31 Å². The third-order valence-corrected chi connectivity index (χ3v) is 8.50. The molecule has 0 N–H and O–H groups in total. The number of halogens is 1. The number of anilines is 1. The number of fused-ring (bicyclic) bond motifs is 1. The van der Waals surface area contributed by atoms with E-state index in [1.807, 2.05) is 49.4 Å². The van der Waals surface area contributed by atoms with Gasteiger partial charge in [-0.2, -0.15) is 0 Å². The Kier molecular flexibility index (Phi) is 3.44. The Morgan fingerprint density at radius 1 is 1.30 bits per heavy atom. The van der Waals surface area contributed by atoms with E-state index in [-0.39, 0.29) is 0 Å². The normalized spacial score (nSPS) is 25.5. The topological polar surface area (TPSA) is 37.4 Å². The van der Waals surface area contributed by atoms with Crippen LogP contribution in [0.2, 0.25) is 0 Å². The van der Waals surface area contributed by atoms with Crippen molar-refractivity contribution in [2.45, 2.75) is 24.5 Å². The van der Waals surface area contributed by atoms with E-state index in [9.17, 15) is 8.42 Å². The Morgan fingerprint density at radius 3 is 2.80 bits per heavy atom. The fraction of sp³-hybridized carbons (Fsp3) is 0.333. The van der Waals surface area contributed by atoms with Crippen molar-refractivity contribution >= 4 is 38.3 Å². The van der Waals surface area contributed by atoms with Gasteiger partial charge >= 0.3 is 0 Å². The highest BCUT2D eigenvalue weighted by atomic mass is 127. The first kappa shape index (κ1) is 14.1. The predicted octanol–water partition coefficient (Wildman–Crippen LogP) is 3.42. The summed E-state index contributed by atoms with van der Waals surface area (Å²) in [4.78, 5) is 0. The Morgan fingerprint density at radius 2 is 2.05 bits per heavy atom. The molecule has 5 heteroatoms. The molecule has 106 valence electrons. The first-order valence-corrected chi connectivity index (χ1v) is 9.12. The van der Waals surface area contributed by atoms with Crippen LogP contribution in [0.15, 0.2) is 46.1 Å². The van der Waals surface area contributed by atoms with E-state index in [4.69, 9.17) is 0 Å². The molecule has 3 nitrogen and oxygen atoms in total. The van der Waals surface area contributed by atoms with Crippen LogP contribution in [0.5, 0.6) is 0 Å². The van der Waals surface area contributed by atoms with Crippen LogP contribution >= 0.6 is 22.6 Å². The minimum atomic E-state index is -3.42. The molecule has 0 radical (unpaired) electrons. The molecule has 2 aliphatic rings. The molecule has 1 aliphatic heterocycles. The Hall–Kier alpha value is -0.820. The van der Waals surface area contributed by atoms with Gasteiger partial charge in [-0.15, -0.1) is 0 Å². The predicted molar refractivity (Wildman–Crippen MR) is 90.7 cm³/mol. The fourth-order valence-corrected chi connectivity index (χ4v) is 5.89. The van der Waals surface area contributed by atoms with Crippen LogP contribution in [0.3, 0.4) is 0 Å². The molecule has 1 aliphatic carbocycles. The van der Waals surface area contributed by atoms with Crippen LogP contribution in [-0.2, 0) is 16.4 Å². The molecule has 0 saturated heterocycles. The number of allylic oxidation sites excluding steroid dienone is 3. The molecule has 0 saturated carbocycles. The summed E-state index contributed by atoms with van der Waals surface area (Å²) in [6.07, 6.45) is 7.08. The van der Waals surface area contributed by atoms with Crippen LogP contribution in [0, 0.1) is 0 Å². The smallest absolute Gasteiger partial charge is 0.245 e. The van der Waals surface area contributed by atoms with E-state index in [1.165, 1.54) is 0 Å². The molecule has 0 bridgehead atoms. The van der Waals surface area contributed by atoms with Crippen LogP contribution in [0.25, 0.3) is 0 Å². The molecule has 3 rings (SSSR count). The number of hydrogen-bond acceptors (Lipinski definition) is 2. The van der Waals surface area contributed by atoms with E-state index in [0.717, 1.165) is 21.3 Å². The van der Waals surface area contributed by atoms with Gasteiger partial charge in [0, 0.05) is 10.1 Å². The zero-order valence-electron chi connectivity index (χ0n) is 11.2. The highest BCUT2D eigenvalue weighted by Crippen LogP contribution is 2.42. The fourth-order valence-electron chi connectivity index (χ4n) is 2.75. The van der Waals surface area contributed by atoms with E-state index in [2.05, 4.69) is 22.6 Å². The zero-order valence-corrected chi connectivity index (χ0v) is 14.2. The second-order valence-electron chi connectivity index (χ2n) is 5.33. The SMILES string of the molecule is CC1(S(=O)(=O)N2CCc3ccccc32)CC=CC=C1I. The number of benzene rings is 1. The van der Waals surface area contributed by atoms with Gasteiger partial charge in [0.1, 0.15) is 4.75 Å². The highest BCUT2D eigenvalue weighted by Gasteiger charge is 2.46. The van der Waals surface area contributed by atoms with Crippen LogP contribution in [0.4, 0.5) is 5.69 Å².